The van der Waals surface area contributed by atoms with Crippen molar-refractivity contribution in [1.29, 1.82) is 0 Å². The maximum Gasteiger partial charge on any atom is 0.334 e. The quantitative estimate of drug-likeness (QED) is 0.302. The molecule has 4 aliphatic rings. The third-order valence-electron chi connectivity index (χ3n) is 8.57. The first-order valence-electron chi connectivity index (χ1n) is 10.7. The van der Waals surface area contributed by atoms with Gasteiger partial charge in [-0.15, -0.1) is 0 Å². The normalized spacial score (nSPS) is 42.7. The Bertz CT molecular complexity index is 867. The fourth-order valence-corrected chi connectivity index (χ4v) is 7.52. The maximum atomic E-state index is 12.3. The van der Waals surface area contributed by atoms with Crippen molar-refractivity contribution < 1.29 is 19.8 Å². The number of nitrogens with zero attached hydrogens (tertiary/aromatic N) is 2. The molecule has 2 fully saturated rings. The van der Waals surface area contributed by atoms with Gasteiger partial charge in [-0.2, -0.15) is 0 Å². The molecule has 8 heteroatoms. The molecule has 0 amide bonds. The molecular weight excluding hydrogens is 384 g/mol. The lowest BCUT2D eigenvalue weighted by Crippen LogP contribution is -2.62. The van der Waals surface area contributed by atoms with Crippen LogP contribution >= 0.6 is 0 Å². The van der Waals surface area contributed by atoms with Gasteiger partial charge in [-0.1, -0.05) is 13.0 Å². The standard InChI is InChI=1S/C22H32N4O4/c1-13-4-5-14-8-16-17(18(28)29)20(30,12-27)10-21(13,16)22(14)11-26(19(23)25-3)7-6-15(22)9-24-2/h6-7,12-15,24,30H,4-5,8-11H2,1-3H3,(H2,23,25)(H,28,29). The van der Waals surface area contributed by atoms with E-state index in [2.05, 4.69) is 23.3 Å². The molecule has 0 aromatic heterocycles. The number of carbonyl (C=O) groups is 2. The summed E-state index contributed by atoms with van der Waals surface area (Å²) in [6.45, 7) is 3.47. The molecule has 6 unspecified atom stereocenters. The minimum absolute atomic E-state index is 0.0884. The number of nitrogens with one attached hydrogen (secondary N) is 1. The highest BCUT2D eigenvalue weighted by molar-refractivity contribution is 5.98. The fourth-order valence-electron chi connectivity index (χ4n) is 7.52. The average molecular weight is 417 g/mol. The van der Waals surface area contributed by atoms with Crippen molar-refractivity contribution in [1.82, 2.24) is 10.2 Å². The van der Waals surface area contributed by atoms with Crippen LogP contribution in [0, 0.1) is 28.6 Å². The molecule has 3 aliphatic carbocycles. The number of guanidine groups is 1. The zero-order valence-electron chi connectivity index (χ0n) is 17.9. The van der Waals surface area contributed by atoms with Crippen molar-refractivity contribution >= 4 is 18.2 Å². The molecule has 0 aromatic carbocycles. The first kappa shape index (κ1) is 21.1. The van der Waals surface area contributed by atoms with Gasteiger partial charge in [0.1, 0.15) is 0 Å². The lowest BCUT2D eigenvalue weighted by Gasteiger charge is -2.60. The van der Waals surface area contributed by atoms with Crippen molar-refractivity contribution in [3.8, 4) is 0 Å². The van der Waals surface area contributed by atoms with E-state index in [1.807, 2.05) is 18.1 Å². The number of aliphatic carboxylic acids is 1. The predicted molar refractivity (Wildman–Crippen MR) is 112 cm³/mol. The monoisotopic (exact) mass is 416 g/mol. The molecule has 164 valence electrons. The number of aldehydes is 1. The highest BCUT2D eigenvalue weighted by Crippen LogP contribution is 2.76. The second-order valence-electron chi connectivity index (χ2n) is 9.48. The summed E-state index contributed by atoms with van der Waals surface area (Å²) < 4.78 is 0. The van der Waals surface area contributed by atoms with Crippen molar-refractivity contribution in [2.75, 3.05) is 27.2 Å². The Morgan fingerprint density at radius 1 is 1.47 bits per heavy atom. The number of allylic oxidation sites excluding steroid dienone is 1. The number of hydrogen-bond donors (Lipinski definition) is 4. The minimum Gasteiger partial charge on any atom is -0.478 e. The molecule has 5 N–H and O–H groups in total. The molecule has 0 radical (unpaired) electrons. The molecule has 2 spiro atoms. The summed E-state index contributed by atoms with van der Waals surface area (Å²) in [6, 6.07) is 0. The van der Waals surface area contributed by atoms with Gasteiger partial charge in [0.05, 0.1) is 5.57 Å². The second-order valence-corrected chi connectivity index (χ2v) is 9.48. The van der Waals surface area contributed by atoms with Gasteiger partial charge in [0.25, 0.3) is 0 Å². The Hall–Kier alpha value is -2.19. The van der Waals surface area contributed by atoms with E-state index in [-0.39, 0.29) is 35.2 Å². The van der Waals surface area contributed by atoms with Crippen LogP contribution in [0.4, 0.5) is 0 Å². The Kier molecular flexibility index (Phi) is 4.86. The van der Waals surface area contributed by atoms with Crippen molar-refractivity contribution in [3.63, 3.8) is 0 Å². The first-order chi connectivity index (χ1) is 14.2. The van der Waals surface area contributed by atoms with Crippen LogP contribution in [-0.2, 0) is 9.59 Å². The van der Waals surface area contributed by atoms with Gasteiger partial charge in [0, 0.05) is 37.2 Å². The summed E-state index contributed by atoms with van der Waals surface area (Å²) in [6.07, 6.45) is 7.22. The lowest BCUT2D eigenvalue weighted by molar-refractivity contribution is -0.141. The van der Waals surface area contributed by atoms with Crippen LogP contribution in [0.3, 0.4) is 0 Å². The van der Waals surface area contributed by atoms with Crippen LogP contribution in [0.2, 0.25) is 0 Å². The minimum atomic E-state index is -1.95. The highest BCUT2D eigenvalue weighted by atomic mass is 16.4. The number of aliphatic hydroxyl groups is 1. The highest BCUT2D eigenvalue weighted by Gasteiger charge is 2.74. The maximum absolute atomic E-state index is 12.3. The summed E-state index contributed by atoms with van der Waals surface area (Å²) in [5.74, 6) is -0.256. The number of carboxylic acids is 1. The molecule has 30 heavy (non-hydrogen) atoms. The van der Waals surface area contributed by atoms with Crippen molar-refractivity contribution in [2.24, 2.45) is 39.3 Å². The van der Waals surface area contributed by atoms with Crippen LogP contribution in [0.1, 0.15) is 32.6 Å². The van der Waals surface area contributed by atoms with Crippen LogP contribution in [0.15, 0.2) is 28.4 Å². The van der Waals surface area contributed by atoms with Crippen LogP contribution in [0.25, 0.3) is 0 Å². The van der Waals surface area contributed by atoms with Gasteiger partial charge in [-0.25, -0.2) is 4.79 Å². The van der Waals surface area contributed by atoms with Gasteiger partial charge >= 0.3 is 5.97 Å². The summed E-state index contributed by atoms with van der Waals surface area (Å²) in [4.78, 5) is 30.4. The second kappa shape index (κ2) is 6.92. The van der Waals surface area contributed by atoms with Crippen molar-refractivity contribution in [2.45, 2.75) is 38.2 Å². The average Bonchev–Trinajstić information content (AvgIpc) is 3.07. The SMILES string of the molecule is CN=C(N)N1C=CC(CNC)C2(C1)C1CCC(C)C23CC(O)(C=O)C(C(=O)O)=C3C1. The molecule has 0 aromatic rings. The fraction of sp³-hybridized carbons (Fsp3) is 0.682. The molecule has 2 bridgehead atoms. The molecule has 0 saturated heterocycles. The van der Waals surface area contributed by atoms with Gasteiger partial charge in [-0.05, 0) is 56.1 Å². The summed E-state index contributed by atoms with van der Waals surface area (Å²) in [5.41, 5.74) is 4.01. The van der Waals surface area contributed by atoms with Gasteiger partial charge in [-0.3, -0.25) is 9.79 Å². The van der Waals surface area contributed by atoms with E-state index in [0.29, 0.717) is 25.2 Å². The number of rotatable bonds is 4. The van der Waals surface area contributed by atoms with Crippen LogP contribution in [-0.4, -0.2) is 66.1 Å². The molecule has 8 nitrogen and oxygen atoms in total. The summed E-state index contributed by atoms with van der Waals surface area (Å²) >= 11 is 0. The topological polar surface area (TPSA) is 128 Å². The van der Waals surface area contributed by atoms with Crippen LogP contribution in [0.5, 0.6) is 0 Å². The third-order valence-corrected chi connectivity index (χ3v) is 8.57. The Morgan fingerprint density at radius 3 is 2.80 bits per heavy atom. The van der Waals surface area contributed by atoms with Crippen molar-refractivity contribution in [3.05, 3.63) is 23.4 Å². The molecule has 1 heterocycles. The van der Waals surface area contributed by atoms with E-state index < -0.39 is 17.0 Å². The van der Waals surface area contributed by atoms with E-state index in [4.69, 9.17) is 5.73 Å². The molecule has 1 aliphatic heterocycles. The number of carboxylic acid groups (broad SMARTS) is 1. The van der Waals surface area contributed by atoms with Gasteiger partial charge in [0.15, 0.2) is 17.8 Å². The van der Waals surface area contributed by atoms with E-state index in [1.54, 1.807) is 7.05 Å². The lowest BCUT2D eigenvalue weighted by atomic mass is 9.46. The van der Waals surface area contributed by atoms with E-state index in [0.717, 1.165) is 25.0 Å². The number of hydrogen-bond acceptors (Lipinski definition) is 5. The summed E-state index contributed by atoms with van der Waals surface area (Å²) in [7, 11) is 3.57. The molecular formula is C22H32N4O4. The number of carbonyl (C=O) groups excluding carboxylic acids is 1. The predicted octanol–water partition coefficient (Wildman–Crippen LogP) is 0.733. The smallest absolute Gasteiger partial charge is 0.334 e. The van der Waals surface area contributed by atoms with Gasteiger partial charge in [0.2, 0.25) is 0 Å². The molecule has 6 atom stereocenters. The Labute approximate surface area is 176 Å². The van der Waals surface area contributed by atoms with E-state index in [1.165, 1.54) is 0 Å². The first-order valence-corrected chi connectivity index (χ1v) is 10.7. The Balaban J connectivity index is 1.99. The zero-order chi connectivity index (χ0) is 21.9. The molecule has 2 saturated carbocycles. The van der Waals surface area contributed by atoms with E-state index in [9.17, 15) is 19.8 Å². The zero-order valence-corrected chi connectivity index (χ0v) is 17.9. The number of nitrogens with two attached hydrogens (primary N) is 1. The molecule has 4 rings (SSSR count). The van der Waals surface area contributed by atoms with E-state index >= 15 is 0 Å². The summed E-state index contributed by atoms with van der Waals surface area (Å²) in [5, 5.41) is 24.5. The van der Waals surface area contributed by atoms with Crippen LogP contribution < -0.4 is 11.1 Å². The largest absolute Gasteiger partial charge is 0.478 e. The Morgan fingerprint density at radius 2 is 2.20 bits per heavy atom. The number of aliphatic imine (C=N–C) groups is 1. The van der Waals surface area contributed by atoms with Gasteiger partial charge < -0.3 is 26.2 Å². The third kappa shape index (κ3) is 2.37.